The number of ether oxygens (including phenoxy) is 1. The first-order valence-electron chi connectivity index (χ1n) is 7.02. The molecule has 0 aliphatic carbocycles. The van der Waals surface area contributed by atoms with Crippen LogP contribution in [-0.2, 0) is 4.74 Å². The summed E-state index contributed by atoms with van der Waals surface area (Å²) >= 11 is 8.76. The van der Waals surface area contributed by atoms with E-state index < -0.39 is 0 Å². The molecule has 0 unspecified atom stereocenters. The second-order valence-electron chi connectivity index (χ2n) is 4.86. The van der Waals surface area contributed by atoms with Gasteiger partial charge in [0.15, 0.2) is 5.13 Å². The van der Waals surface area contributed by atoms with Crippen LogP contribution in [0.1, 0.15) is 22.3 Å². The van der Waals surface area contributed by atoms with Crippen LogP contribution in [0.25, 0.3) is 0 Å². The van der Waals surface area contributed by atoms with Crippen molar-refractivity contribution in [3.63, 3.8) is 0 Å². The molecule has 1 N–H and O–H groups in total. The molecule has 1 aliphatic heterocycles. The fraction of sp³-hybridized carbons (Fsp3) is 0.357. The molecule has 0 aromatic carbocycles. The van der Waals surface area contributed by atoms with Crippen molar-refractivity contribution < 1.29 is 9.53 Å². The van der Waals surface area contributed by atoms with Crippen molar-refractivity contribution in [3.05, 3.63) is 32.4 Å². The molecule has 0 radical (unpaired) electrons. The van der Waals surface area contributed by atoms with Gasteiger partial charge in [-0.3, -0.25) is 4.79 Å². The summed E-state index contributed by atoms with van der Waals surface area (Å²) in [4.78, 5) is 19.6. The second-order valence-corrected chi connectivity index (χ2v) is 7.41. The largest absolute Gasteiger partial charge is 0.378 e. The van der Waals surface area contributed by atoms with E-state index in [1.54, 1.807) is 11.4 Å². The third-order valence-corrected chi connectivity index (χ3v) is 5.50. The van der Waals surface area contributed by atoms with Gasteiger partial charge in [0, 0.05) is 18.5 Å². The van der Waals surface area contributed by atoms with Crippen molar-refractivity contribution in [2.24, 2.45) is 5.10 Å². The summed E-state index contributed by atoms with van der Waals surface area (Å²) in [5.41, 5.74) is 3.62. The molecule has 0 spiro atoms. The van der Waals surface area contributed by atoms with Crippen LogP contribution in [0.3, 0.4) is 0 Å². The molecule has 1 aliphatic rings. The number of hydrazone groups is 1. The van der Waals surface area contributed by atoms with Gasteiger partial charge >= 0.3 is 0 Å². The third-order valence-electron chi connectivity index (χ3n) is 3.26. The molecule has 1 saturated heterocycles. The number of amides is 1. The van der Waals surface area contributed by atoms with Gasteiger partial charge in [0.05, 0.1) is 28.1 Å². The van der Waals surface area contributed by atoms with Gasteiger partial charge in [-0.1, -0.05) is 11.6 Å². The van der Waals surface area contributed by atoms with Crippen molar-refractivity contribution in [3.8, 4) is 0 Å². The predicted octanol–water partition coefficient (Wildman–Crippen LogP) is 2.85. The minimum absolute atomic E-state index is 0.317. The molecule has 0 atom stereocenters. The van der Waals surface area contributed by atoms with Crippen LogP contribution in [0, 0.1) is 0 Å². The van der Waals surface area contributed by atoms with Crippen molar-refractivity contribution in [1.29, 1.82) is 0 Å². The van der Waals surface area contributed by atoms with Gasteiger partial charge in [-0.05, 0) is 19.1 Å². The molecule has 122 valence electrons. The number of morpholine rings is 1. The number of carbonyl (C=O) groups is 1. The van der Waals surface area contributed by atoms with Gasteiger partial charge < -0.3 is 9.64 Å². The fourth-order valence-corrected chi connectivity index (χ4v) is 3.87. The maximum Gasteiger partial charge on any atom is 0.290 e. The number of thiazole rings is 1. The van der Waals surface area contributed by atoms with Crippen LogP contribution in [0.5, 0.6) is 0 Å². The highest BCUT2D eigenvalue weighted by Crippen LogP contribution is 2.22. The normalized spacial score (nSPS) is 15.7. The molecule has 1 amide bonds. The number of rotatable bonds is 4. The first-order chi connectivity index (χ1) is 11.1. The smallest absolute Gasteiger partial charge is 0.290 e. The molecule has 6 nitrogen and oxygen atoms in total. The zero-order valence-corrected chi connectivity index (χ0v) is 14.8. The molecule has 0 bridgehead atoms. The topological polar surface area (TPSA) is 66.8 Å². The first kappa shape index (κ1) is 16.4. The van der Waals surface area contributed by atoms with Gasteiger partial charge in [-0.15, -0.1) is 22.7 Å². The Balaban J connectivity index is 1.63. The zero-order valence-electron chi connectivity index (χ0n) is 12.4. The number of aromatic nitrogens is 1. The van der Waals surface area contributed by atoms with Crippen molar-refractivity contribution in [2.75, 3.05) is 31.2 Å². The standard InChI is InChI=1S/C14H15ClN4O2S2/c1-9(11-2-3-12(15)23-11)17-18-13(20)10-8-22-14(16-10)19-4-6-21-7-5-19/h2-3,8H,4-7H2,1H3,(H,18,20)/b17-9+. The van der Waals surface area contributed by atoms with Crippen molar-refractivity contribution >= 4 is 51.0 Å². The number of nitrogens with one attached hydrogen (secondary N) is 1. The number of hydrogen-bond donors (Lipinski definition) is 1. The van der Waals surface area contributed by atoms with Crippen LogP contribution in [0.2, 0.25) is 4.34 Å². The Bertz CT molecular complexity index is 722. The summed E-state index contributed by atoms with van der Waals surface area (Å²) in [5.74, 6) is -0.317. The molecule has 1 fully saturated rings. The van der Waals surface area contributed by atoms with E-state index in [2.05, 4.69) is 20.4 Å². The molecule has 2 aromatic rings. The van der Waals surface area contributed by atoms with E-state index in [1.807, 2.05) is 13.0 Å². The highest BCUT2D eigenvalue weighted by Gasteiger charge is 2.17. The summed E-state index contributed by atoms with van der Waals surface area (Å²) in [6.45, 7) is 4.79. The van der Waals surface area contributed by atoms with Crippen molar-refractivity contribution in [2.45, 2.75) is 6.92 Å². The minimum atomic E-state index is -0.317. The third kappa shape index (κ3) is 4.08. The van der Waals surface area contributed by atoms with E-state index in [-0.39, 0.29) is 5.91 Å². The van der Waals surface area contributed by atoms with Gasteiger partial charge in [-0.2, -0.15) is 5.10 Å². The zero-order chi connectivity index (χ0) is 16.2. The highest BCUT2D eigenvalue weighted by atomic mass is 35.5. The summed E-state index contributed by atoms with van der Waals surface area (Å²) in [6, 6.07) is 3.68. The maximum atomic E-state index is 12.1. The fourth-order valence-electron chi connectivity index (χ4n) is 2.02. The Labute approximate surface area is 146 Å². The quantitative estimate of drug-likeness (QED) is 0.663. The average molecular weight is 371 g/mol. The van der Waals surface area contributed by atoms with Crippen LogP contribution in [0.4, 0.5) is 5.13 Å². The molecule has 2 aromatic heterocycles. The summed E-state index contributed by atoms with van der Waals surface area (Å²) in [6.07, 6.45) is 0. The molecular weight excluding hydrogens is 356 g/mol. The van der Waals surface area contributed by atoms with Gasteiger partial charge in [0.25, 0.3) is 5.91 Å². The van der Waals surface area contributed by atoms with E-state index >= 15 is 0 Å². The lowest BCUT2D eigenvalue weighted by atomic mass is 10.3. The molecule has 9 heteroatoms. The molecule has 0 saturated carbocycles. The molecule has 3 rings (SSSR count). The first-order valence-corrected chi connectivity index (χ1v) is 9.09. The summed E-state index contributed by atoms with van der Waals surface area (Å²) in [7, 11) is 0. The van der Waals surface area contributed by atoms with Gasteiger partial charge in [0.1, 0.15) is 5.69 Å². The molecule has 3 heterocycles. The van der Waals surface area contributed by atoms with Crippen LogP contribution < -0.4 is 10.3 Å². The Morgan fingerprint density at radius 2 is 2.22 bits per heavy atom. The van der Waals surface area contributed by atoms with E-state index in [0.717, 1.165) is 23.1 Å². The Morgan fingerprint density at radius 3 is 2.91 bits per heavy atom. The molecular formula is C14H15ClN4O2S2. The maximum absolute atomic E-state index is 12.1. The number of thiophene rings is 1. The van der Waals surface area contributed by atoms with Crippen LogP contribution >= 0.6 is 34.3 Å². The predicted molar refractivity (Wildman–Crippen MR) is 94.2 cm³/mol. The van der Waals surface area contributed by atoms with E-state index in [4.69, 9.17) is 16.3 Å². The van der Waals surface area contributed by atoms with Crippen molar-refractivity contribution in [1.82, 2.24) is 10.4 Å². The molecule has 23 heavy (non-hydrogen) atoms. The SMILES string of the molecule is C/C(=N\NC(=O)c1csc(N2CCOCC2)n1)c1ccc(Cl)s1. The highest BCUT2D eigenvalue weighted by molar-refractivity contribution is 7.18. The Morgan fingerprint density at radius 1 is 1.43 bits per heavy atom. The monoisotopic (exact) mass is 370 g/mol. The summed E-state index contributed by atoms with van der Waals surface area (Å²) < 4.78 is 6.00. The van der Waals surface area contributed by atoms with E-state index in [9.17, 15) is 4.79 Å². The number of anilines is 1. The minimum Gasteiger partial charge on any atom is -0.378 e. The summed E-state index contributed by atoms with van der Waals surface area (Å²) in [5, 5.41) is 6.69. The van der Waals surface area contributed by atoms with E-state index in [0.29, 0.717) is 29.0 Å². The number of nitrogens with zero attached hydrogens (tertiary/aromatic N) is 3. The average Bonchev–Trinajstić information content (AvgIpc) is 3.22. The van der Waals surface area contributed by atoms with Gasteiger partial charge in [0.2, 0.25) is 0 Å². The van der Waals surface area contributed by atoms with Crippen LogP contribution in [0.15, 0.2) is 22.6 Å². The Hall–Kier alpha value is -1.48. The van der Waals surface area contributed by atoms with Crippen LogP contribution in [-0.4, -0.2) is 42.9 Å². The van der Waals surface area contributed by atoms with E-state index in [1.165, 1.54) is 22.7 Å². The van der Waals surface area contributed by atoms with Gasteiger partial charge in [-0.25, -0.2) is 10.4 Å². The second kappa shape index (κ2) is 7.39. The number of hydrogen-bond acceptors (Lipinski definition) is 7. The number of carbonyl (C=O) groups excluding carboxylic acids is 1. The lowest BCUT2D eigenvalue weighted by molar-refractivity contribution is 0.0950. The Kier molecular flexibility index (Phi) is 5.27. The number of halogens is 1. The lowest BCUT2D eigenvalue weighted by Crippen LogP contribution is -2.36. The lowest BCUT2D eigenvalue weighted by Gasteiger charge is -2.25.